The third-order valence-corrected chi connectivity index (χ3v) is 6.65. The van der Waals surface area contributed by atoms with Gasteiger partial charge in [0, 0.05) is 12.6 Å². The highest BCUT2D eigenvalue weighted by molar-refractivity contribution is 7.92. The Kier molecular flexibility index (Phi) is 6.21. The molecule has 0 aromatic heterocycles. The fourth-order valence-corrected chi connectivity index (χ4v) is 4.02. The summed E-state index contributed by atoms with van der Waals surface area (Å²) < 4.78 is 104. The van der Waals surface area contributed by atoms with Crippen molar-refractivity contribution in [2.24, 2.45) is 0 Å². The van der Waals surface area contributed by atoms with Gasteiger partial charge in [0.2, 0.25) is 0 Å². The summed E-state index contributed by atoms with van der Waals surface area (Å²) in [5.74, 6) is 0. The lowest BCUT2D eigenvalue weighted by atomic mass is 9.87. The summed E-state index contributed by atoms with van der Waals surface area (Å²) in [6.45, 7) is 5.81. The van der Waals surface area contributed by atoms with E-state index in [9.17, 15) is 39.9 Å². The predicted octanol–water partition coefficient (Wildman–Crippen LogP) is 5.12. The van der Waals surface area contributed by atoms with E-state index < -0.39 is 33.5 Å². The van der Waals surface area contributed by atoms with Gasteiger partial charge in [0.25, 0.3) is 15.6 Å². The minimum atomic E-state index is -6.03. The molecule has 0 spiro atoms. The molecule has 0 unspecified atom stereocenters. The molecule has 4 nitrogen and oxygen atoms in total. The van der Waals surface area contributed by atoms with Gasteiger partial charge < -0.3 is 5.11 Å². The van der Waals surface area contributed by atoms with Crippen LogP contribution in [0.4, 0.5) is 32.0 Å². The molecule has 0 aliphatic rings. The molecule has 0 saturated heterocycles. The van der Waals surface area contributed by atoms with Gasteiger partial charge in [-0.25, -0.2) is 8.42 Å². The van der Waals surface area contributed by atoms with Gasteiger partial charge in [-0.2, -0.15) is 26.3 Å². The Morgan fingerprint density at radius 1 is 0.742 bits per heavy atom. The maximum atomic E-state index is 13.0. The largest absolute Gasteiger partial charge is 0.430 e. The van der Waals surface area contributed by atoms with Gasteiger partial charge in [0.15, 0.2) is 0 Å². The predicted molar refractivity (Wildman–Crippen MR) is 103 cm³/mol. The summed E-state index contributed by atoms with van der Waals surface area (Å²) in [7, 11) is -3.02. The number of anilines is 1. The van der Waals surface area contributed by atoms with Crippen molar-refractivity contribution in [3.8, 4) is 0 Å². The first-order valence-corrected chi connectivity index (χ1v) is 10.3. The maximum absolute atomic E-state index is 13.0. The zero-order valence-electron chi connectivity index (χ0n) is 17.0. The first-order chi connectivity index (χ1) is 13.8. The maximum Gasteiger partial charge on any atom is 0.430 e. The quantitative estimate of drug-likeness (QED) is 0.633. The Balaban J connectivity index is 2.42. The van der Waals surface area contributed by atoms with Crippen LogP contribution in [-0.2, 0) is 21.0 Å². The third-order valence-electron chi connectivity index (χ3n) is 4.85. The van der Waals surface area contributed by atoms with Gasteiger partial charge in [0.1, 0.15) is 0 Å². The highest BCUT2D eigenvalue weighted by atomic mass is 32.2. The van der Waals surface area contributed by atoms with Crippen LogP contribution in [0.15, 0.2) is 53.4 Å². The molecule has 0 bridgehead atoms. The minimum absolute atomic E-state index is 0.103. The van der Waals surface area contributed by atoms with Crippen LogP contribution in [-0.4, -0.2) is 32.9 Å². The number of hydrogen-bond donors (Lipinski definition) is 1. The van der Waals surface area contributed by atoms with Crippen LogP contribution < -0.4 is 4.31 Å². The van der Waals surface area contributed by atoms with Crippen molar-refractivity contribution in [3.63, 3.8) is 0 Å². The number of hydrogen-bond acceptors (Lipinski definition) is 3. The van der Waals surface area contributed by atoms with Crippen LogP contribution in [0.25, 0.3) is 0 Å². The zero-order valence-corrected chi connectivity index (χ0v) is 17.8. The van der Waals surface area contributed by atoms with Crippen LogP contribution in [0.5, 0.6) is 0 Å². The summed E-state index contributed by atoms with van der Waals surface area (Å²) in [6, 6.07) is 8.29. The lowest BCUT2D eigenvalue weighted by Crippen LogP contribution is -2.53. The van der Waals surface area contributed by atoms with Crippen LogP contribution >= 0.6 is 0 Å². The molecule has 2 aromatic rings. The SMILES string of the molecule is CN(c1ccc(C(O)(C(F)(F)F)C(F)(F)F)cc1)S(=O)(=O)c1ccc(C(C)(C)C)cc1. The van der Waals surface area contributed by atoms with E-state index in [1.54, 1.807) is 12.1 Å². The molecule has 0 radical (unpaired) electrons. The van der Waals surface area contributed by atoms with Crippen LogP contribution in [0.1, 0.15) is 31.9 Å². The summed E-state index contributed by atoms with van der Waals surface area (Å²) >= 11 is 0. The Morgan fingerprint density at radius 2 is 1.13 bits per heavy atom. The van der Waals surface area contributed by atoms with Crippen molar-refractivity contribution in [1.29, 1.82) is 0 Å². The second-order valence-electron chi connectivity index (χ2n) is 8.00. The van der Waals surface area contributed by atoms with Crippen molar-refractivity contribution in [2.75, 3.05) is 11.4 Å². The van der Waals surface area contributed by atoms with Gasteiger partial charge >= 0.3 is 12.4 Å². The van der Waals surface area contributed by atoms with E-state index in [-0.39, 0.29) is 16.0 Å². The summed E-state index contributed by atoms with van der Waals surface area (Å²) in [5.41, 5.74) is -6.10. The summed E-state index contributed by atoms with van der Waals surface area (Å²) in [6.07, 6.45) is -12.1. The Hall–Kier alpha value is -2.27. The van der Waals surface area contributed by atoms with Crippen molar-refractivity contribution >= 4 is 15.7 Å². The lowest BCUT2D eigenvalue weighted by Gasteiger charge is -2.33. The van der Waals surface area contributed by atoms with Crippen LogP contribution in [0.2, 0.25) is 0 Å². The minimum Gasteiger partial charge on any atom is -0.369 e. The first kappa shape index (κ1) is 25.0. The number of rotatable bonds is 4. The van der Waals surface area contributed by atoms with Crippen molar-refractivity contribution in [1.82, 2.24) is 0 Å². The molecule has 31 heavy (non-hydrogen) atoms. The number of sulfonamides is 1. The van der Waals surface area contributed by atoms with E-state index >= 15 is 0 Å². The molecule has 0 fully saturated rings. The fraction of sp³-hybridized carbons (Fsp3) is 0.400. The normalized spacial score (nSPS) is 13.9. The van der Waals surface area contributed by atoms with E-state index in [1.807, 2.05) is 20.8 Å². The smallest absolute Gasteiger partial charge is 0.369 e. The molecule has 172 valence electrons. The topological polar surface area (TPSA) is 57.6 Å². The molecule has 2 aromatic carbocycles. The highest BCUT2D eigenvalue weighted by Crippen LogP contribution is 2.50. The molecular formula is C20H21F6NO3S. The molecule has 0 aliphatic heterocycles. The van der Waals surface area contributed by atoms with Crippen LogP contribution in [0.3, 0.4) is 0 Å². The van der Waals surface area contributed by atoms with Crippen LogP contribution in [0, 0.1) is 0 Å². The van der Waals surface area contributed by atoms with Gasteiger partial charge in [-0.05, 0) is 35.2 Å². The van der Waals surface area contributed by atoms with E-state index in [0.717, 1.165) is 29.0 Å². The summed E-state index contributed by atoms with van der Waals surface area (Å²) in [5, 5.41) is 9.43. The zero-order chi connectivity index (χ0) is 24.0. The van der Waals surface area contributed by atoms with Gasteiger partial charge in [-0.15, -0.1) is 0 Å². The molecule has 2 rings (SSSR count). The second-order valence-corrected chi connectivity index (χ2v) is 9.97. The second kappa shape index (κ2) is 7.70. The van der Waals surface area contributed by atoms with Crippen molar-refractivity contribution in [2.45, 2.75) is 49.0 Å². The number of halogens is 6. The van der Waals surface area contributed by atoms with Gasteiger partial charge in [-0.3, -0.25) is 4.31 Å². The molecule has 0 saturated carbocycles. The standard InChI is InChI=1S/C20H21F6NO3S/c1-17(2,3)13-7-11-16(12-8-13)31(29,30)27(4)15-9-5-14(6-10-15)18(28,19(21,22)23)20(24,25)26/h5-12,28H,1-4H3. The average Bonchev–Trinajstić information content (AvgIpc) is 2.64. The molecule has 0 heterocycles. The van der Waals surface area contributed by atoms with Crippen molar-refractivity contribution < 1.29 is 39.9 Å². The monoisotopic (exact) mass is 469 g/mol. The van der Waals surface area contributed by atoms with E-state index in [0.29, 0.717) is 12.1 Å². The molecular weight excluding hydrogens is 448 g/mol. The number of benzene rings is 2. The Morgan fingerprint density at radius 3 is 1.48 bits per heavy atom. The average molecular weight is 469 g/mol. The van der Waals surface area contributed by atoms with Gasteiger partial charge in [0.05, 0.1) is 10.6 Å². The summed E-state index contributed by atoms with van der Waals surface area (Å²) in [4.78, 5) is -0.103. The third kappa shape index (κ3) is 4.52. The first-order valence-electron chi connectivity index (χ1n) is 8.89. The fourth-order valence-electron chi connectivity index (χ4n) is 2.82. The molecule has 0 amide bonds. The van der Waals surface area contributed by atoms with E-state index in [2.05, 4.69) is 0 Å². The van der Waals surface area contributed by atoms with E-state index in [1.165, 1.54) is 12.1 Å². The molecule has 0 aliphatic carbocycles. The lowest BCUT2D eigenvalue weighted by molar-refractivity contribution is -0.376. The molecule has 0 atom stereocenters. The van der Waals surface area contributed by atoms with E-state index in [4.69, 9.17) is 0 Å². The van der Waals surface area contributed by atoms with Gasteiger partial charge in [-0.1, -0.05) is 45.0 Å². The number of nitrogens with zero attached hydrogens (tertiary/aromatic N) is 1. The Labute approximate surface area is 176 Å². The number of alkyl halides is 6. The molecule has 1 N–H and O–H groups in total. The number of aliphatic hydroxyl groups is 1. The Bertz CT molecular complexity index is 1010. The molecule has 11 heteroatoms. The van der Waals surface area contributed by atoms with Crippen molar-refractivity contribution in [3.05, 3.63) is 59.7 Å². The highest BCUT2D eigenvalue weighted by Gasteiger charge is 2.71.